The van der Waals surface area contributed by atoms with Gasteiger partial charge in [-0.25, -0.2) is 12.8 Å². The first-order chi connectivity index (χ1) is 10.7. The second-order valence-electron chi connectivity index (χ2n) is 6.05. The van der Waals surface area contributed by atoms with Gasteiger partial charge in [-0.05, 0) is 30.9 Å². The van der Waals surface area contributed by atoms with E-state index in [2.05, 4.69) is 0 Å². The van der Waals surface area contributed by atoms with Crippen LogP contribution in [0.2, 0.25) is 10.0 Å². The first kappa shape index (κ1) is 17.0. The lowest BCUT2D eigenvalue weighted by molar-refractivity contribution is -0.149. The molecule has 1 heterocycles. The topological polar surface area (TPSA) is 74.7 Å². The van der Waals surface area contributed by atoms with Crippen LogP contribution in [0.25, 0.3) is 0 Å². The van der Waals surface area contributed by atoms with Gasteiger partial charge in [-0.3, -0.25) is 4.79 Å². The van der Waals surface area contributed by atoms with E-state index >= 15 is 0 Å². The second-order valence-corrected chi connectivity index (χ2v) is 8.74. The summed E-state index contributed by atoms with van der Waals surface area (Å²) in [6.45, 7) is -0.00195. The Kier molecular flexibility index (Phi) is 4.11. The van der Waals surface area contributed by atoms with Gasteiger partial charge in [0.15, 0.2) is 0 Å². The Morgan fingerprint density at radius 3 is 2.48 bits per heavy atom. The Morgan fingerprint density at radius 2 is 1.96 bits per heavy atom. The molecule has 0 unspecified atom stereocenters. The third-order valence-electron chi connectivity index (χ3n) is 4.83. The number of benzene rings is 1. The number of fused-ring (bicyclic) bond motifs is 1. The standard InChI is InChI=1S/C14H14Cl2FNO4S/c15-10-4-9(17)5-11(16)12(10)23(21,22)18-6-8-2-1-3-14(8,7-18)13(19)20/h4-5,8H,1-3,6-7H2,(H,19,20)/t8-,14+/m0/s1. The maximum Gasteiger partial charge on any atom is 0.311 e. The van der Waals surface area contributed by atoms with Crippen LogP contribution in [0.5, 0.6) is 0 Å². The Morgan fingerprint density at radius 1 is 1.35 bits per heavy atom. The molecule has 126 valence electrons. The Hall–Kier alpha value is -0.890. The molecule has 0 radical (unpaired) electrons. The summed E-state index contributed by atoms with van der Waals surface area (Å²) in [5.74, 6) is -1.94. The van der Waals surface area contributed by atoms with E-state index in [4.69, 9.17) is 23.2 Å². The van der Waals surface area contributed by atoms with E-state index in [1.807, 2.05) is 0 Å². The van der Waals surface area contributed by atoms with Crippen LogP contribution >= 0.6 is 23.2 Å². The molecule has 1 saturated heterocycles. The van der Waals surface area contributed by atoms with Crippen molar-refractivity contribution in [1.82, 2.24) is 4.31 Å². The van der Waals surface area contributed by atoms with Gasteiger partial charge in [0.05, 0.1) is 15.5 Å². The number of halogens is 3. The predicted octanol–water partition coefficient (Wildman–Crippen LogP) is 3.01. The molecule has 9 heteroatoms. The van der Waals surface area contributed by atoms with E-state index in [-0.39, 0.29) is 33.9 Å². The van der Waals surface area contributed by atoms with Crippen molar-refractivity contribution in [2.24, 2.45) is 11.3 Å². The van der Waals surface area contributed by atoms with Gasteiger partial charge in [0.25, 0.3) is 0 Å². The molecule has 5 nitrogen and oxygen atoms in total. The van der Waals surface area contributed by atoms with E-state index in [1.54, 1.807) is 0 Å². The highest BCUT2D eigenvalue weighted by molar-refractivity contribution is 7.89. The fraction of sp³-hybridized carbons (Fsp3) is 0.500. The average molecular weight is 382 g/mol. The number of carboxylic acids is 1. The van der Waals surface area contributed by atoms with E-state index in [9.17, 15) is 22.7 Å². The van der Waals surface area contributed by atoms with Gasteiger partial charge in [0, 0.05) is 13.1 Å². The van der Waals surface area contributed by atoms with Gasteiger partial charge >= 0.3 is 5.97 Å². The maximum atomic E-state index is 13.3. The quantitative estimate of drug-likeness (QED) is 0.872. The highest BCUT2D eigenvalue weighted by Crippen LogP contribution is 2.50. The van der Waals surface area contributed by atoms with Crippen LogP contribution < -0.4 is 0 Å². The molecule has 0 aromatic heterocycles. The summed E-state index contributed by atoms with van der Waals surface area (Å²) in [4.78, 5) is 11.3. The molecule has 1 N–H and O–H groups in total. The summed E-state index contributed by atoms with van der Waals surface area (Å²) in [6.07, 6.45) is 1.88. The molecule has 1 saturated carbocycles. The zero-order chi connectivity index (χ0) is 17.0. The molecule has 1 aromatic rings. The average Bonchev–Trinajstić information content (AvgIpc) is 2.93. The number of hydrogen-bond donors (Lipinski definition) is 1. The fourth-order valence-electron chi connectivity index (χ4n) is 3.68. The van der Waals surface area contributed by atoms with E-state index in [0.717, 1.165) is 22.9 Å². The van der Waals surface area contributed by atoms with Gasteiger partial charge in [0.2, 0.25) is 10.0 Å². The van der Waals surface area contributed by atoms with Gasteiger partial charge in [-0.1, -0.05) is 29.6 Å². The van der Waals surface area contributed by atoms with Gasteiger partial charge in [-0.15, -0.1) is 0 Å². The van der Waals surface area contributed by atoms with Gasteiger partial charge in [-0.2, -0.15) is 4.31 Å². The van der Waals surface area contributed by atoms with Crippen molar-refractivity contribution in [2.45, 2.75) is 24.2 Å². The molecular formula is C14H14Cl2FNO4S. The van der Waals surface area contributed by atoms with Crippen molar-refractivity contribution >= 4 is 39.2 Å². The van der Waals surface area contributed by atoms with Crippen molar-refractivity contribution in [3.63, 3.8) is 0 Å². The van der Waals surface area contributed by atoms with Crippen LogP contribution in [0.15, 0.2) is 17.0 Å². The predicted molar refractivity (Wildman–Crippen MR) is 82.6 cm³/mol. The molecule has 0 amide bonds. The second kappa shape index (κ2) is 5.58. The molecule has 1 aromatic carbocycles. The SMILES string of the molecule is O=C(O)[C@@]12CCC[C@H]1CN(S(=O)(=O)c1c(Cl)cc(F)cc1Cl)C2. The zero-order valence-corrected chi connectivity index (χ0v) is 14.3. The van der Waals surface area contributed by atoms with Crippen molar-refractivity contribution in [3.05, 3.63) is 28.0 Å². The molecule has 0 bridgehead atoms. The first-order valence-corrected chi connectivity index (χ1v) is 9.26. The largest absolute Gasteiger partial charge is 0.481 e. The van der Waals surface area contributed by atoms with E-state index in [1.165, 1.54) is 0 Å². The van der Waals surface area contributed by atoms with Crippen LogP contribution in [0.3, 0.4) is 0 Å². The summed E-state index contributed by atoms with van der Waals surface area (Å²) in [5.41, 5.74) is -1.05. The minimum Gasteiger partial charge on any atom is -0.481 e. The van der Waals surface area contributed by atoms with Crippen molar-refractivity contribution < 1.29 is 22.7 Å². The normalized spacial score (nSPS) is 28.0. The minimum atomic E-state index is -4.09. The van der Waals surface area contributed by atoms with E-state index < -0.39 is 27.2 Å². The summed E-state index contributed by atoms with van der Waals surface area (Å²) < 4.78 is 40.0. The number of sulfonamides is 1. The molecule has 2 atom stereocenters. The number of hydrogen-bond acceptors (Lipinski definition) is 3. The van der Waals surface area contributed by atoms with E-state index in [0.29, 0.717) is 12.8 Å². The monoisotopic (exact) mass is 381 g/mol. The summed E-state index contributed by atoms with van der Waals surface area (Å²) in [6, 6.07) is 1.76. The highest BCUT2D eigenvalue weighted by atomic mass is 35.5. The molecule has 2 fully saturated rings. The van der Waals surface area contributed by atoms with Crippen LogP contribution in [0.4, 0.5) is 4.39 Å². The number of carbonyl (C=O) groups is 1. The van der Waals surface area contributed by atoms with Gasteiger partial charge in [0.1, 0.15) is 10.7 Å². The lowest BCUT2D eigenvalue weighted by atomic mass is 9.81. The summed E-state index contributed by atoms with van der Waals surface area (Å²) in [5, 5.41) is 8.93. The summed E-state index contributed by atoms with van der Waals surface area (Å²) in [7, 11) is -4.09. The molecule has 1 aliphatic carbocycles. The smallest absolute Gasteiger partial charge is 0.311 e. The Balaban J connectivity index is 2.02. The van der Waals surface area contributed by atoms with Crippen molar-refractivity contribution in [2.75, 3.05) is 13.1 Å². The van der Waals surface area contributed by atoms with Crippen LogP contribution in [-0.2, 0) is 14.8 Å². The Bertz CT molecular complexity index is 762. The van der Waals surface area contributed by atoms with Crippen LogP contribution in [0, 0.1) is 17.2 Å². The van der Waals surface area contributed by atoms with Crippen LogP contribution in [0.1, 0.15) is 19.3 Å². The zero-order valence-electron chi connectivity index (χ0n) is 11.9. The van der Waals surface area contributed by atoms with Gasteiger partial charge < -0.3 is 5.11 Å². The first-order valence-electron chi connectivity index (χ1n) is 7.06. The highest BCUT2D eigenvalue weighted by Gasteiger charge is 2.57. The Labute approximate surface area is 143 Å². The number of rotatable bonds is 3. The maximum absolute atomic E-state index is 13.3. The summed E-state index contributed by atoms with van der Waals surface area (Å²) >= 11 is 11.7. The number of carboxylic acid groups (broad SMARTS) is 1. The molecule has 23 heavy (non-hydrogen) atoms. The third-order valence-corrected chi connectivity index (χ3v) is 7.56. The molecular weight excluding hydrogens is 368 g/mol. The van der Waals surface area contributed by atoms with Crippen molar-refractivity contribution in [1.29, 1.82) is 0 Å². The molecule has 1 aliphatic heterocycles. The molecule has 2 aliphatic rings. The van der Waals surface area contributed by atoms with Crippen molar-refractivity contribution in [3.8, 4) is 0 Å². The molecule has 3 rings (SSSR count). The number of nitrogens with zero attached hydrogens (tertiary/aromatic N) is 1. The molecule has 0 spiro atoms. The number of aliphatic carboxylic acids is 1. The third kappa shape index (κ3) is 2.54. The van der Waals surface area contributed by atoms with Crippen LogP contribution in [-0.4, -0.2) is 36.9 Å². The lowest BCUT2D eigenvalue weighted by Crippen LogP contribution is -2.37. The fourth-order valence-corrected chi connectivity index (χ4v) is 6.37. The minimum absolute atomic E-state index is 0.110. The lowest BCUT2D eigenvalue weighted by Gasteiger charge is -2.23.